The highest BCUT2D eigenvalue weighted by Crippen LogP contribution is 2.28. The summed E-state index contributed by atoms with van der Waals surface area (Å²) < 4.78 is 0. The quantitative estimate of drug-likeness (QED) is 0.700. The van der Waals surface area contributed by atoms with E-state index < -0.39 is 6.04 Å². The summed E-state index contributed by atoms with van der Waals surface area (Å²) in [5.74, 6) is 0.931. The number of allylic oxidation sites excluding steroid dienone is 1. The van der Waals surface area contributed by atoms with Crippen LogP contribution in [0.15, 0.2) is 11.3 Å². The van der Waals surface area contributed by atoms with E-state index in [0.29, 0.717) is 18.4 Å². The molecule has 0 spiro atoms. The first-order valence-electron chi connectivity index (χ1n) is 7.42. The van der Waals surface area contributed by atoms with E-state index >= 15 is 0 Å². The Labute approximate surface area is 122 Å². The molecule has 1 rings (SSSR count). The van der Waals surface area contributed by atoms with Crippen molar-refractivity contribution in [3.63, 3.8) is 0 Å². The molecule has 0 radical (unpaired) electrons. The molecular formula is C15H29N3O2. The predicted octanol–water partition coefficient (Wildman–Crippen LogP) is 0.898. The van der Waals surface area contributed by atoms with Gasteiger partial charge in [0.1, 0.15) is 6.04 Å². The van der Waals surface area contributed by atoms with E-state index in [0.717, 1.165) is 5.70 Å². The summed E-state index contributed by atoms with van der Waals surface area (Å²) in [5.41, 5.74) is 7.99. The zero-order chi connectivity index (χ0) is 15.4. The highest BCUT2D eigenvalue weighted by Gasteiger charge is 2.33. The Morgan fingerprint density at radius 2 is 1.95 bits per heavy atom. The molecule has 116 valence electrons. The Morgan fingerprint density at radius 3 is 2.35 bits per heavy atom. The number of hydrogen-bond acceptors (Lipinski definition) is 4. The third-order valence-electron chi connectivity index (χ3n) is 4.26. The molecule has 4 N–H and O–H groups in total. The molecule has 0 aromatic heterocycles. The number of nitrogens with zero attached hydrogens (tertiary/aromatic N) is 1. The van der Waals surface area contributed by atoms with Crippen molar-refractivity contribution in [1.29, 1.82) is 0 Å². The maximum Gasteiger partial charge on any atom is 0.243 e. The number of nitrogens with one attached hydrogen (secondary N) is 1. The Morgan fingerprint density at radius 1 is 1.35 bits per heavy atom. The number of aliphatic hydroxyl groups excluding tert-OH is 1. The average Bonchev–Trinajstić information content (AvgIpc) is 2.53. The third kappa shape index (κ3) is 3.59. The van der Waals surface area contributed by atoms with Crippen LogP contribution < -0.4 is 11.1 Å². The van der Waals surface area contributed by atoms with Crippen LogP contribution in [0.5, 0.6) is 0 Å². The number of carbonyl (C=O) groups is 1. The molecule has 2 atom stereocenters. The SMILES string of the molecule is CC(C)C1=C(C(C)C(C)C)CN(CN)[C@@H](CO)C(=O)N1. The zero-order valence-electron chi connectivity index (χ0n) is 13.3. The Balaban J connectivity index is 3.23. The monoisotopic (exact) mass is 283 g/mol. The van der Waals surface area contributed by atoms with E-state index in [1.54, 1.807) is 0 Å². The van der Waals surface area contributed by atoms with E-state index in [1.165, 1.54) is 5.57 Å². The van der Waals surface area contributed by atoms with E-state index in [4.69, 9.17) is 5.73 Å². The van der Waals surface area contributed by atoms with Crippen molar-refractivity contribution in [1.82, 2.24) is 10.2 Å². The number of nitrogens with two attached hydrogens (primary N) is 1. The largest absolute Gasteiger partial charge is 0.394 e. The Hall–Kier alpha value is -0.910. The molecule has 5 nitrogen and oxygen atoms in total. The molecule has 20 heavy (non-hydrogen) atoms. The standard InChI is InChI=1S/C15H29N3O2/c1-9(2)11(5)12-6-18(8-16)13(7-19)15(20)17-14(12)10(3)4/h9-11,13,19H,6-8,16H2,1-5H3,(H,17,20)/t11?,13-/m0/s1. The van der Waals surface area contributed by atoms with E-state index in [9.17, 15) is 9.90 Å². The van der Waals surface area contributed by atoms with Gasteiger partial charge in [-0.2, -0.15) is 0 Å². The lowest BCUT2D eigenvalue weighted by Crippen LogP contribution is -2.49. The molecule has 0 fully saturated rings. The summed E-state index contributed by atoms with van der Waals surface area (Å²) in [7, 11) is 0. The minimum absolute atomic E-state index is 0.160. The van der Waals surface area contributed by atoms with Gasteiger partial charge < -0.3 is 16.2 Å². The van der Waals surface area contributed by atoms with Gasteiger partial charge in [-0.15, -0.1) is 0 Å². The smallest absolute Gasteiger partial charge is 0.243 e. The molecule has 5 heteroatoms. The van der Waals surface area contributed by atoms with Gasteiger partial charge in [0.2, 0.25) is 5.91 Å². The molecule has 0 saturated carbocycles. The summed E-state index contributed by atoms with van der Waals surface area (Å²) >= 11 is 0. The fourth-order valence-electron chi connectivity index (χ4n) is 2.57. The second-order valence-electron chi connectivity index (χ2n) is 6.24. The van der Waals surface area contributed by atoms with Crippen molar-refractivity contribution in [3.8, 4) is 0 Å². The maximum atomic E-state index is 12.3. The van der Waals surface area contributed by atoms with Gasteiger partial charge in [-0.3, -0.25) is 9.69 Å². The summed E-state index contributed by atoms with van der Waals surface area (Å²) in [6.07, 6.45) is 0. The minimum Gasteiger partial charge on any atom is -0.394 e. The second-order valence-corrected chi connectivity index (χ2v) is 6.24. The first kappa shape index (κ1) is 17.1. The van der Waals surface area contributed by atoms with Gasteiger partial charge in [0.25, 0.3) is 0 Å². The van der Waals surface area contributed by atoms with Gasteiger partial charge in [-0.1, -0.05) is 34.6 Å². The average molecular weight is 283 g/mol. The number of rotatable bonds is 5. The van der Waals surface area contributed by atoms with Crippen LogP contribution in [0.1, 0.15) is 34.6 Å². The molecule has 1 aliphatic rings. The maximum absolute atomic E-state index is 12.3. The van der Waals surface area contributed by atoms with Crippen LogP contribution in [-0.2, 0) is 4.79 Å². The lowest BCUT2D eigenvalue weighted by atomic mass is 9.86. The van der Waals surface area contributed by atoms with Crippen LogP contribution in [0.2, 0.25) is 0 Å². The van der Waals surface area contributed by atoms with Gasteiger partial charge in [-0.05, 0) is 23.3 Å². The second kappa shape index (κ2) is 7.20. The van der Waals surface area contributed by atoms with E-state index in [1.807, 2.05) is 4.90 Å². The fourth-order valence-corrected chi connectivity index (χ4v) is 2.57. The molecule has 0 aliphatic carbocycles. The molecule has 1 amide bonds. The zero-order valence-corrected chi connectivity index (χ0v) is 13.3. The van der Waals surface area contributed by atoms with Crippen LogP contribution in [0, 0.1) is 17.8 Å². The molecule has 1 heterocycles. The summed E-state index contributed by atoms with van der Waals surface area (Å²) in [6.45, 7) is 11.4. The first-order chi connectivity index (χ1) is 9.33. The van der Waals surface area contributed by atoms with Gasteiger partial charge in [0, 0.05) is 18.9 Å². The summed E-state index contributed by atoms with van der Waals surface area (Å²) in [6, 6.07) is -0.564. The Bertz CT molecular complexity index is 377. The van der Waals surface area contributed by atoms with Crippen molar-refractivity contribution < 1.29 is 9.90 Å². The topological polar surface area (TPSA) is 78.6 Å². The number of aliphatic hydroxyl groups is 1. The van der Waals surface area contributed by atoms with Crippen molar-refractivity contribution in [3.05, 3.63) is 11.3 Å². The van der Waals surface area contributed by atoms with Crippen LogP contribution in [0.25, 0.3) is 0 Å². The summed E-state index contributed by atoms with van der Waals surface area (Å²) in [4.78, 5) is 14.1. The highest BCUT2D eigenvalue weighted by molar-refractivity contribution is 5.84. The summed E-state index contributed by atoms with van der Waals surface area (Å²) in [5, 5.41) is 12.5. The van der Waals surface area contributed by atoms with Crippen LogP contribution in [-0.4, -0.2) is 41.8 Å². The molecule has 0 aromatic rings. The fraction of sp³-hybridized carbons (Fsp3) is 0.800. The van der Waals surface area contributed by atoms with Gasteiger partial charge in [-0.25, -0.2) is 0 Å². The molecule has 0 aromatic carbocycles. The molecule has 1 aliphatic heterocycles. The highest BCUT2D eigenvalue weighted by atomic mass is 16.3. The van der Waals surface area contributed by atoms with Crippen molar-refractivity contribution in [2.75, 3.05) is 19.8 Å². The van der Waals surface area contributed by atoms with Crippen molar-refractivity contribution >= 4 is 5.91 Å². The van der Waals surface area contributed by atoms with Gasteiger partial charge in [0.15, 0.2) is 0 Å². The number of hydrogen-bond donors (Lipinski definition) is 3. The lowest BCUT2D eigenvalue weighted by Gasteiger charge is -2.29. The van der Waals surface area contributed by atoms with E-state index in [-0.39, 0.29) is 25.1 Å². The van der Waals surface area contributed by atoms with Gasteiger partial charge in [0.05, 0.1) is 6.61 Å². The molecular weight excluding hydrogens is 254 g/mol. The van der Waals surface area contributed by atoms with Crippen LogP contribution in [0.4, 0.5) is 0 Å². The van der Waals surface area contributed by atoms with Crippen molar-refractivity contribution in [2.45, 2.75) is 40.7 Å². The molecule has 1 unspecified atom stereocenters. The predicted molar refractivity (Wildman–Crippen MR) is 80.6 cm³/mol. The lowest BCUT2D eigenvalue weighted by molar-refractivity contribution is -0.126. The number of carbonyl (C=O) groups excluding carboxylic acids is 1. The molecule has 0 bridgehead atoms. The first-order valence-corrected chi connectivity index (χ1v) is 7.42. The van der Waals surface area contributed by atoms with Crippen LogP contribution >= 0.6 is 0 Å². The molecule has 0 saturated heterocycles. The normalized spacial score (nSPS) is 23.2. The number of amides is 1. The van der Waals surface area contributed by atoms with Crippen molar-refractivity contribution in [2.24, 2.45) is 23.5 Å². The third-order valence-corrected chi connectivity index (χ3v) is 4.26. The van der Waals surface area contributed by atoms with Gasteiger partial charge >= 0.3 is 0 Å². The van der Waals surface area contributed by atoms with Crippen LogP contribution in [0.3, 0.4) is 0 Å². The Kier molecular flexibility index (Phi) is 6.17. The van der Waals surface area contributed by atoms with E-state index in [2.05, 4.69) is 39.9 Å². The minimum atomic E-state index is -0.564.